The van der Waals surface area contributed by atoms with Crippen molar-refractivity contribution in [3.05, 3.63) is 78.1 Å². The van der Waals surface area contributed by atoms with E-state index in [-0.39, 0.29) is 12.5 Å². The number of amides is 1. The Morgan fingerprint density at radius 1 is 1.17 bits per heavy atom. The predicted molar refractivity (Wildman–Crippen MR) is 93.1 cm³/mol. The first-order valence-electron chi connectivity index (χ1n) is 7.73. The minimum absolute atomic E-state index is 0.116. The van der Waals surface area contributed by atoms with Gasteiger partial charge in [-0.2, -0.15) is 5.10 Å². The van der Waals surface area contributed by atoms with Gasteiger partial charge in [0.1, 0.15) is 12.3 Å². The van der Waals surface area contributed by atoms with E-state index in [4.69, 9.17) is 4.74 Å². The van der Waals surface area contributed by atoms with Crippen molar-refractivity contribution in [2.45, 2.75) is 13.0 Å². The zero-order chi connectivity index (χ0) is 16.8. The Kier molecular flexibility index (Phi) is 4.91. The Bertz CT molecular complexity index is 799. The van der Waals surface area contributed by atoms with E-state index >= 15 is 0 Å². The van der Waals surface area contributed by atoms with Crippen LogP contribution in [0.2, 0.25) is 0 Å². The largest absolute Gasteiger partial charge is 0.496 e. The van der Waals surface area contributed by atoms with Gasteiger partial charge >= 0.3 is 0 Å². The molecule has 0 bridgehead atoms. The number of carbonyl (C=O) groups excluding carboxylic acids is 1. The van der Waals surface area contributed by atoms with Gasteiger partial charge < -0.3 is 10.1 Å². The molecule has 0 aliphatic heterocycles. The molecule has 1 amide bonds. The van der Waals surface area contributed by atoms with Crippen LogP contribution in [-0.2, 0) is 17.8 Å². The fourth-order valence-electron chi connectivity index (χ4n) is 2.55. The Morgan fingerprint density at radius 2 is 2.00 bits per heavy atom. The lowest BCUT2D eigenvalue weighted by Crippen LogP contribution is -2.19. The van der Waals surface area contributed by atoms with Crippen LogP contribution in [0.5, 0.6) is 5.75 Å². The van der Waals surface area contributed by atoms with E-state index < -0.39 is 0 Å². The lowest BCUT2D eigenvalue weighted by atomic mass is 10.0. The lowest BCUT2D eigenvalue weighted by Gasteiger charge is -2.12. The first-order chi connectivity index (χ1) is 11.7. The Balaban J connectivity index is 1.74. The van der Waals surface area contributed by atoms with E-state index in [2.05, 4.69) is 22.5 Å². The standard InChI is InChI=1S/C19H19N3O2/c1-24-18-9-8-17(21-19(23)14-22-11-5-10-20-22)13-16(18)12-15-6-3-2-4-7-15/h2-11,13H,12,14H2,1H3,(H,21,23). The van der Waals surface area contributed by atoms with E-state index in [1.807, 2.05) is 36.4 Å². The average molecular weight is 321 g/mol. The van der Waals surface area contributed by atoms with Gasteiger partial charge in [0.15, 0.2) is 0 Å². The van der Waals surface area contributed by atoms with Crippen molar-refractivity contribution in [1.82, 2.24) is 9.78 Å². The molecule has 5 nitrogen and oxygen atoms in total. The molecule has 3 aromatic rings. The van der Waals surface area contributed by atoms with Gasteiger partial charge in [0.2, 0.25) is 5.91 Å². The average Bonchev–Trinajstić information content (AvgIpc) is 3.09. The van der Waals surface area contributed by atoms with Crippen LogP contribution in [0.3, 0.4) is 0 Å². The monoisotopic (exact) mass is 321 g/mol. The number of nitrogens with zero attached hydrogens (tertiary/aromatic N) is 2. The molecular weight excluding hydrogens is 302 g/mol. The molecule has 0 spiro atoms. The van der Waals surface area contributed by atoms with Gasteiger partial charge in [0.25, 0.3) is 0 Å². The Labute approximate surface area is 140 Å². The van der Waals surface area contributed by atoms with E-state index in [1.54, 1.807) is 30.3 Å². The second kappa shape index (κ2) is 7.46. The summed E-state index contributed by atoms with van der Waals surface area (Å²) in [5.41, 5.74) is 2.97. The number of benzene rings is 2. The van der Waals surface area contributed by atoms with Crippen LogP contribution < -0.4 is 10.1 Å². The molecule has 0 aliphatic carbocycles. The number of nitrogens with one attached hydrogen (secondary N) is 1. The van der Waals surface area contributed by atoms with Gasteiger partial charge in [-0.3, -0.25) is 9.48 Å². The topological polar surface area (TPSA) is 56.1 Å². The van der Waals surface area contributed by atoms with Crippen LogP contribution in [0.15, 0.2) is 67.0 Å². The summed E-state index contributed by atoms with van der Waals surface area (Å²) in [4.78, 5) is 12.1. The van der Waals surface area contributed by atoms with Gasteiger partial charge in [-0.15, -0.1) is 0 Å². The molecule has 0 radical (unpaired) electrons. The number of ether oxygens (including phenoxy) is 1. The normalized spacial score (nSPS) is 10.4. The molecule has 1 aromatic heterocycles. The number of methoxy groups -OCH3 is 1. The van der Waals surface area contributed by atoms with Crippen LogP contribution >= 0.6 is 0 Å². The zero-order valence-corrected chi connectivity index (χ0v) is 13.5. The van der Waals surface area contributed by atoms with Crippen LogP contribution in [0.1, 0.15) is 11.1 Å². The van der Waals surface area contributed by atoms with Crippen molar-refractivity contribution >= 4 is 11.6 Å². The van der Waals surface area contributed by atoms with E-state index in [1.165, 1.54) is 5.56 Å². The van der Waals surface area contributed by atoms with Crippen LogP contribution in [0.4, 0.5) is 5.69 Å². The minimum Gasteiger partial charge on any atom is -0.496 e. The second-order valence-electron chi connectivity index (χ2n) is 5.44. The molecule has 2 aromatic carbocycles. The lowest BCUT2D eigenvalue weighted by molar-refractivity contribution is -0.116. The van der Waals surface area contributed by atoms with Crippen LogP contribution in [0.25, 0.3) is 0 Å². The molecule has 1 N–H and O–H groups in total. The van der Waals surface area contributed by atoms with E-state index in [0.717, 1.165) is 23.4 Å². The maximum Gasteiger partial charge on any atom is 0.246 e. The quantitative estimate of drug-likeness (QED) is 0.759. The Hall–Kier alpha value is -3.08. The summed E-state index contributed by atoms with van der Waals surface area (Å²) >= 11 is 0. The summed E-state index contributed by atoms with van der Waals surface area (Å²) in [6.07, 6.45) is 4.15. The molecule has 122 valence electrons. The van der Waals surface area contributed by atoms with Crippen LogP contribution in [-0.4, -0.2) is 22.8 Å². The molecule has 0 atom stereocenters. The van der Waals surface area contributed by atoms with Gasteiger partial charge in [-0.05, 0) is 29.8 Å². The van der Waals surface area contributed by atoms with Gasteiger partial charge in [0.05, 0.1) is 7.11 Å². The highest BCUT2D eigenvalue weighted by Gasteiger charge is 2.08. The summed E-state index contributed by atoms with van der Waals surface area (Å²) in [6, 6.07) is 17.6. The molecule has 0 saturated carbocycles. The second-order valence-corrected chi connectivity index (χ2v) is 5.44. The highest BCUT2D eigenvalue weighted by molar-refractivity contribution is 5.90. The molecule has 5 heteroatoms. The SMILES string of the molecule is COc1ccc(NC(=O)Cn2cccn2)cc1Cc1ccccc1. The van der Waals surface area contributed by atoms with Gasteiger partial charge in [-0.1, -0.05) is 30.3 Å². The molecule has 0 unspecified atom stereocenters. The highest BCUT2D eigenvalue weighted by atomic mass is 16.5. The van der Waals surface area contributed by atoms with Gasteiger partial charge in [-0.25, -0.2) is 0 Å². The fraction of sp³-hybridized carbons (Fsp3) is 0.158. The van der Waals surface area contributed by atoms with Crippen molar-refractivity contribution in [2.24, 2.45) is 0 Å². The number of hydrogen-bond donors (Lipinski definition) is 1. The van der Waals surface area contributed by atoms with E-state index in [0.29, 0.717) is 0 Å². The minimum atomic E-state index is -0.116. The van der Waals surface area contributed by atoms with Crippen molar-refractivity contribution in [2.75, 3.05) is 12.4 Å². The van der Waals surface area contributed by atoms with Gasteiger partial charge in [0, 0.05) is 30.1 Å². The number of carbonyl (C=O) groups is 1. The van der Waals surface area contributed by atoms with E-state index in [9.17, 15) is 4.79 Å². The molecule has 3 rings (SSSR count). The number of anilines is 1. The van der Waals surface area contributed by atoms with Crippen molar-refractivity contribution in [3.63, 3.8) is 0 Å². The third kappa shape index (κ3) is 4.01. The summed E-state index contributed by atoms with van der Waals surface area (Å²) < 4.78 is 7.02. The number of rotatable bonds is 6. The zero-order valence-electron chi connectivity index (χ0n) is 13.5. The Morgan fingerprint density at radius 3 is 2.71 bits per heavy atom. The fourth-order valence-corrected chi connectivity index (χ4v) is 2.55. The molecule has 0 aliphatic rings. The maximum absolute atomic E-state index is 12.1. The third-order valence-electron chi connectivity index (χ3n) is 3.67. The summed E-state index contributed by atoms with van der Waals surface area (Å²) in [5.74, 6) is 0.693. The number of hydrogen-bond acceptors (Lipinski definition) is 3. The molecule has 0 fully saturated rings. The maximum atomic E-state index is 12.1. The van der Waals surface area contributed by atoms with Crippen molar-refractivity contribution in [3.8, 4) is 5.75 Å². The molecule has 0 saturated heterocycles. The third-order valence-corrected chi connectivity index (χ3v) is 3.67. The summed E-state index contributed by atoms with van der Waals surface area (Å²) in [5, 5.41) is 6.94. The van der Waals surface area contributed by atoms with Crippen molar-refractivity contribution < 1.29 is 9.53 Å². The first-order valence-corrected chi connectivity index (χ1v) is 7.73. The highest BCUT2D eigenvalue weighted by Crippen LogP contribution is 2.25. The molecule has 24 heavy (non-hydrogen) atoms. The predicted octanol–water partition coefficient (Wildman–Crippen LogP) is 3.12. The summed E-state index contributed by atoms with van der Waals surface area (Å²) in [7, 11) is 1.65. The smallest absolute Gasteiger partial charge is 0.246 e. The first kappa shape index (κ1) is 15.8. The van der Waals surface area contributed by atoms with Crippen LogP contribution in [0, 0.1) is 0 Å². The van der Waals surface area contributed by atoms with Crippen molar-refractivity contribution in [1.29, 1.82) is 0 Å². The number of aromatic nitrogens is 2. The molecular formula is C19H19N3O2. The summed E-state index contributed by atoms with van der Waals surface area (Å²) in [6.45, 7) is 0.188. The molecule has 1 heterocycles.